The average molecular weight is 216 g/mol. The fraction of sp³-hybridized carbons (Fsp3) is 0.400. The van der Waals surface area contributed by atoms with Gasteiger partial charge in [-0.05, 0) is 24.6 Å². The van der Waals surface area contributed by atoms with Gasteiger partial charge in [-0.2, -0.15) is 8.78 Å². The van der Waals surface area contributed by atoms with Crippen molar-refractivity contribution in [3.63, 3.8) is 0 Å². The molecule has 1 atom stereocenters. The fourth-order valence-electron chi connectivity index (χ4n) is 1.34. The number of fused-ring (bicyclic) bond motifs is 1. The van der Waals surface area contributed by atoms with E-state index in [-0.39, 0.29) is 11.5 Å². The number of hydrogen-bond donors (Lipinski definition) is 1. The van der Waals surface area contributed by atoms with Crippen molar-refractivity contribution in [2.45, 2.75) is 19.1 Å². The van der Waals surface area contributed by atoms with E-state index in [9.17, 15) is 13.9 Å². The third kappa shape index (κ3) is 2.02. The summed E-state index contributed by atoms with van der Waals surface area (Å²) in [5, 5.41) is 9.27. The van der Waals surface area contributed by atoms with E-state index in [0.29, 0.717) is 5.56 Å². The van der Waals surface area contributed by atoms with E-state index in [0.717, 1.165) is 0 Å². The van der Waals surface area contributed by atoms with Gasteiger partial charge in [-0.15, -0.1) is 0 Å². The third-order valence-electron chi connectivity index (χ3n) is 2.11. The van der Waals surface area contributed by atoms with Crippen molar-refractivity contribution in [1.29, 1.82) is 0 Å². The highest BCUT2D eigenvalue weighted by atomic mass is 19.3. The average Bonchev–Trinajstić information content (AvgIpc) is 2.15. The van der Waals surface area contributed by atoms with Gasteiger partial charge < -0.3 is 14.6 Å². The lowest BCUT2D eigenvalue weighted by Crippen LogP contribution is -2.35. The van der Waals surface area contributed by atoms with Gasteiger partial charge in [0.1, 0.15) is 0 Å². The molecule has 1 heterocycles. The Hall–Kier alpha value is -1.36. The Balaban J connectivity index is 2.35. The Labute approximate surface area is 85.2 Å². The summed E-state index contributed by atoms with van der Waals surface area (Å²) in [6.45, 7) is 0.761. The van der Waals surface area contributed by atoms with Crippen LogP contribution in [0.15, 0.2) is 18.2 Å². The second-order valence-electron chi connectivity index (χ2n) is 3.41. The summed E-state index contributed by atoms with van der Waals surface area (Å²) in [7, 11) is 0. The van der Waals surface area contributed by atoms with Crippen LogP contribution in [0.25, 0.3) is 0 Å². The molecule has 1 aliphatic heterocycles. The first-order valence-electron chi connectivity index (χ1n) is 4.49. The predicted octanol–water partition coefficient (Wildman–Crippen LogP) is 2.10. The molecule has 0 spiro atoms. The van der Waals surface area contributed by atoms with E-state index in [2.05, 4.69) is 4.74 Å². The number of halogens is 2. The Morgan fingerprint density at radius 2 is 2.13 bits per heavy atom. The van der Waals surface area contributed by atoms with Crippen LogP contribution in [0.1, 0.15) is 18.6 Å². The van der Waals surface area contributed by atoms with Gasteiger partial charge in [-0.3, -0.25) is 0 Å². The Morgan fingerprint density at radius 3 is 2.80 bits per heavy atom. The van der Waals surface area contributed by atoms with Crippen LogP contribution in [0, 0.1) is 0 Å². The maximum atomic E-state index is 12.8. The highest BCUT2D eigenvalue weighted by molar-refractivity contribution is 5.44. The van der Waals surface area contributed by atoms with Crippen molar-refractivity contribution in [2.24, 2.45) is 0 Å². The van der Waals surface area contributed by atoms with Gasteiger partial charge in [0.15, 0.2) is 18.1 Å². The molecule has 0 fully saturated rings. The van der Waals surface area contributed by atoms with Crippen molar-refractivity contribution < 1.29 is 23.4 Å². The number of ether oxygens (including phenoxy) is 2. The summed E-state index contributed by atoms with van der Waals surface area (Å²) in [5.74, 6) is 0.231. The van der Waals surface area contributed by atoms with Gasteiger partial charge in [-0.25, -0.2) is 0 Å². The van der Waals surface area contributed by atoms with Crippen LogP contribution >= 0.6 is 0 Å². The van der Waals surface area contributed by atoms with Gasteiger partial charge >= 0.3 is 6.11 Å². The molecule has 0 radical (unpaired) electrons. The molecule has 1 aromatic carbocycles. The number of hydrogen-bond acceptors (Lipinski definition) is 3. The van der Waals surface area contributed by atoms with E-state index >= 15 is 0 Å². The van der Waals surface area contributed by atoms with E-state index in [1.807, 2.05) is 0 Å². The zero-order chi connectivity index (χ0) is 11.1. The molecule has 0 aromatic heterocycles. The summed E-state index contributed by atoms with van der Waals surface area (Å²) in [4.78, 5) is 0. The molecule has 0 bridgehead atoms. The Bertz CT molecular complexity index is 377. The van der Waals surface area contributed by atoms with Gasteiger partial charge in [-0.1, -0.05) is 6.07 Å². The van der Waals surface area contributed by atoms with E-state index in [4.69, 9.17) is 4.74 Å². The van der Waals surface area contributed by atoms with E-state index in [1.54, 1.807) is 13.0 Å². The molecular formula is C10H10F2O3. The Morgan fingerprint density at radius 1 is 1.40 bits per heavy atom. The molecule has 1 unspecified atom stereocenters. The monoisotopic (exact) mass is 216 g/mol. The molecule has 1 aliphatic rings. The minimum atomic E-state index is -3.30. The number of aliphatic hydroxyl groups is 1. The molecule has 15 heavy (non-hydrogen) atoms. The van der Waals surface area contributed by atoms with Crippen molar-refractivity contribution >= 4 is 0 Å². The highest BCUT2D eigenvalue weighted by Gasteiger charge is 2.38. The van der Waals surface area contributed by atoms with Gasteiger partial charge in [0.2, 0.25) is 0 Å². The van der Waals surface area contributed by atoms with Crippen molar-refractivity contribution in [2.75, 3.05) is 6.61 Å². The van der Waals surface area contributed by atoms with Crippen molar-refractivity contribution in [1.82, 2.24) is 0 Å². The normalized spacial score (nSPS) is 19.7. The van der Waals surface area contributed by atoms with Crippen LogP contribution in [0.4, 0.5) is 8.78 Å². The molecule has 3 nitrogen and oxygen atoms in total. The van der Waals surface area contributed by atoms with Gasteiger partial charge in [0.25, 0.3) is 0 Å². The number of rotatable bonds is 1. The molecule has 0 saturated carbocycles. The van der Waals surface area contributed by atoms with Gasteiger partial charge in [0, 0.05) is 0 Å². The molecular weight excluding hydrogens is 206 g/mol. The third-order valence-corrected chi connectivity index (χ3v) is 2.11. The zero-order valence-corrected chi connectivity index (χ0v) is 8.04. The molecule has 2 rings (SSSR count). The molecule has 0 amide bonds. The molecule has 0 saturated heterocycles. The predicted molar refractivity (Wildman–Crippen MR) is 48.1 cm³/mol. The van der Waals surface area contributed by atoms with E-state index < -0.39 is 18.8 Å². The smallest absolute Gasteiger partial charge is 0.433 e. The largest absolute Gasteiger partial charge is 0.479 e. The van der Waals surface area contributed by atoms with Crippen LogP contribution in [0.2, 0.25) is 0 Å². The lowest BCUT2D eigenvalue weighted by Gasteiger charge is -2.26. The molecule has 5 heteroatoms. The molecule has 1 aromatic rings. The zero-order valence-electron chi connectivity index (χ0n) is 8.04. The Kier molecular flexibility index (Phi) is 2.26. The first-order valence-corrected chi connectivity index (χ1v) is 4.49. The maximum absolute atomic E-state index is 12.8. The van der Waals surface area contributed by atoms with E-state index in [1.165, 1.54) is 12.1 Å². The highest BCUT2D eigenvalue weighted by Crippen LogP contribution is 2.38. The quantitative estimate of drug-likeness (QED) is 0.781. The molecule has 1 N–H and O–H groups in total. The number of alkyl halides is 2. The minimum Gasteiger partial charge on any atom is -0.479 e. The fourth-order valence-corrected chi connectivity index (χ4v) is 1.34. The topological polar surface area (TPSA) is 38.7 Å². The number of benzene rings is 1. The second kappa shape index (κ2) is 3.34. The van der Waals surface area contributed by atoms with Crippen LogP contribution in [0.5, 0.6) is 11.5 Å². The SMILES string of the molecule is CC(O)c1ccc2c(c1)OC(F)(F)CO2. The summed E-state index contributed by atoms with van der Waals surface area (Å²) in [6.07, 6.45) is -4.03. The van der Waals surface area contributed by atoms with Crippen molar-refractivity contribution in [3.05, 3.63) is 23.8 Å². The second-order valence-corrected chi connectivity index (χ2v) is 3.41. The van der Waals surface area contributed by atoms with Crippen molar-refractivity contribution in [3.8, 4) is 11.5 Å². The minimum absolute atomic E-state index is 0.0374. The molecule has 82 valence electrons. The first-order chi connectivity index (χ1) is 6.98. The number of aliphatic hydroxyl groups excluding tert-OH is 1. The van der Waals surface area contributed by atoms with Crippen LogP contribution in [-0.2, 0) is 0 Å². The van der Waals surface area contributed by atoms with Crippen LogP contribution in [-0.4, -0.2) is 17.8 Å². The van der Waals surface area contributed by atoms with Gasteiger partial charge in [0.05, 0.1) is 6.10 Å². The van der Waals surface area contributed by atoms with Crippen LogP contribution < -0.4 is 9.47 Å². The summed E-state index contributed by atoms with van der Waals surface area (Å²) < 4.78 is 34.9. The summed E-state index contributed by atoms with van der Waals surface area (Å²) >= 11 is 0. The lowest BCUT2D eigenvalue weighted by atomic mass is 10.1. The molecule has 0 aliphatic carbocycles. The first kappa shape index (κ1) is 10.2. The summed E-state index contributed by atoms with van der Waals surface area (Å²) in [6, 6.07) is 4.47. The standard InChI is InChI=1S/C10H10F2O3/c1-6(13)7-2-3-8-9(4-7)15-10(11,12)5-14-8/h2-4,6,13H,5H2,1H3. The van der Waals surface area contributed by atoms with Crippen LogP contribution in [0.3, 0.4) is 0 Å². The lowest BCUT2D eigenvalue weighted by molar-refractivity contribution is -0.208. The maximum Gasteiger partial charge on any atom is 0.433 e. The summed E-state index contributed by atoms with van der Waals surface area (Å²) in [5.41, 5.74) is 0.509.